The molecule has 1 aromatic rings. The van der Waals surface area contributed by atoms with Crippen molar-refractivity contribution in [3.8, 4) is 5.75 Å². The maximum absolute atomic E-state index is 13.2. The maximum Gasteiger partial charge on any atom is 0.254 e. The Morgan fingerprint density at radius 1 is 1.24 bits per heavy atom. The van der Waals surface area contributed by atoms with Gasteiger partial charge in [-0.05, 0) is 63.4 Å². The van der Waals surface area contributed by atoms with Crippen LogP contribution in [0, 0.1) is 5.92 Å². The smallest absolute Gasteiger partial charge is 0.254 e. The van der Waals surface area contributed by atoms with E-state index >= 15 is 0 Å². The van der Waals surface area contributed by atoms with Crippen molar-refractivity contribution in [1.82, 2.24) is 9.80 Å². The Morgan fingerprint density at radius 2 is 1.96 bits per heavy atom. The van der Waals surface area contributed by atoms with E-state index in [2.05, 4.69) is 15.9 Å². The molecule has 5 rings (SSSR count). The molecule has 1 amide bonds. The molecule has 3 atom stereocenters. The van der Waals surface area contributed by atoms with E-state index in [9.17, 15) is 9.90 Å². The van der Waals surface area contributed by atoms with Gasteiger partial charge in [0.05, 0.1) is 6.04 Å². The molecule has 5 heteroatoms. The molecule has 25 heavy (non-hydrogen) atoms. The molecule has 0 radical (unpaired) electrons. The largest absolute Gasteiger partial charge is 0.508 e. The highest BCUT2D eigenvalue weighted by atomic mass is 16.5. The zero-order valence-electron chi connectivity index (χ0n) is 15.3. The van der Waals surface area contributed by atoms with Gasteiger partial charge in [0.2, 0.25) is 0 Å². The SMILES string of the molecule is COC(C)(C)C(=O)N1C[C@@H](c2cccc(O)c2)[C@@H]2[C@H]1C1CCN2CC1. The van der Waals surface area contributed by atoms with E-state index < -0.39 is 5.60 Å². The van der Waals surface area contributed by atoms with Gasteiger partial charge in [0.15, 0.2) is 0 Å². The van der Waals surface area contributed by atoms with E-state index in [4.69, 9.17) is 4.74 Å². The van der Waals surface area contributed by atoms with Gasteiger partial charge in [0, 0.05) is 25.6 Å². The Kier molecular flexibility index (Phi) is 4.04. The predicted molar refractivity (Wildman–Crippen MR) is 95.5 cm³/mol. The molecule has 5 nitrogen and oxygen atoms in total. The molecular formula is C20H28N2O3. The van der Waals surface area contributed by atoms with Crippen molar-refractivity contribution in [3.05, 3.63) is 29.8 Å². The lowest BCUT2D eigenvalue weighted by molar-refractivity contribution is -0.155. The number of hydrogen-bond acceptors (Lipinski definition) is 4. The fourth-order valence-electron chi connectivity index (χ4n) is 5.14. The highest BCUT2D eigenvalue weighted by Gasteiger charge is 2.56. The molecule has 0 aromatic heterocycles. The van der Waals surface area contributed by atoms with Crippen molar-refractivity contribution in [3.63, 3.8) is 0 Å². The molecule has 4 heterocycles. The zero-order chi connectivity index (χ0) is 17.8. The molecule has 0 unspecified atom stereocenters. The number of benzene rings is 1. The van der Waals surface area contributed by atoms with Crippen molar-refractivity contribution in [1.29, 1.82) is 0 Å². The molecule has 4 saturated heterocycles. The number of phenols is 1. The molecule has 2 bridgehead atoms. The molecule has 0 spiro atoms. The quantitative estimate of drug-likeness (QED) is 0.913. The molecular weight excluding hydrogens is 316 g/mol. The Labute approximate surface area is 149 Å². The third-order valence-corrected chi connectivity index (χ3v) is 6.58. The molecule has 4 fully saturated rings. The molecule has 0 saturated carbocycles. The number of fused-ring (bicyclic) bond motifs is 2. The van der Waals surface area contributed by atoms with E-state index in [1.54, 1.807) is 13.2 Å². The van der Waals surface area contributed by atoms with Crippen molar-refractivity contribution >= 4 is 5.91 Å². The van der Waals surface area contributed by atoms with Gasteiger partial charge in [-0.25, -0.2) is 0 Å². The number of aromatic hydroxyl groups is 1. The van der Waals surface area contributed by atoms with Crippen LogP contribution in [0.5, 0.6) is 5.75 Å². The Morgan fingerprint density at radius 3 is 2.60 bits per heavy atom. The van der Waals surface area contributed by atoms with Crippen LogP contribution in [0.4, 0.5) is 0 Å². The first-order chi connectivity index (χ1) is 11.9. The van der Waals surface area contributed by atoms with Crippen molar-refractivity contribution in [2.45, 2.75) is 50.3 Å². The van der Waals surface area contributed by atoms with Crippen LogP contribution in [0.15, 0.2) is 24.3 Å². The number of carbonyl (C=O) groups excluding carboxylic acids is 1. The summed E-state index contributed by atoms with van der Waals surface area (Å²) >= 11 is 0. The summed E-state index contributed by atoms with van der Waals surface area (Å²) in [6.45, 7) is 6.66. The third kappa shape index (κ3) is 2.64. The van der Waals surface area contributed by atoms with Gasteiger partial charge in [0.25, 0.3) is 5.91 Å². The van der Waals surface area contributed by atoms with Crippen LogP contribution in [0.1, 0.15) is 38.2 Å². The summed E-state index contributed by atoms with van der Waals surface area (Å²) < 4.78 is 5.49. The molecule has 1 aromatic carbocycles. The zero-order valence-corrected chi connectivity index (χ0v) is 15.3. The number of phenolic OH excluding ortho intramolecular Hbond substituents is 1. The summed E-state index contributed by atoms with van der Waals surface area (Å²) in [5.74, 6) is 1.21. The summed E-state index contributed by atoms with van der Waals surface area (Å²) in [7, 11) is 1.61. The van der Waals surface area contributed by atoms with Crippen LogP contribution >= 0.6 is 0 Å². The minimum absolute atomic E-state index is 0.0846. The Hall–Kier alpha value is -1.59. The fourth-order valence-corrected chi connectivity index (χ4v) is 5.14. The van der Waals surface area contributed by atoms with Crippen LogP contribution in [-0.4, -0.2) is 65.2 Å². The molecule has 0 aliphatic carbocycles. The lowest BCUT2D eigenvalue weighted by Gasteiger charge is -2.51. The first-order valence-electron chi connectivity index (χ1n) is 9.31. The first-order valence-corrected chi connectivity index (χ1v) is 9.31. The minimum atomic E-state index is -0.801. The topological polar surface area (TPSA) is 53.0 Å². The van der Waals surface area contributed by atoms with Gasteiger partial charge in [-0.2, -0.15) is 0 Å². The number of carbonyl (C=O) groups is 1. The number of methoxy groups -OCH3 is 1. The Bertz CT molecular complexity index is 667. The number of nitrogens with zero attached hydrogens (tertiary/aromatic N) is 2. The van der Waals surface area contributed by atoms with E-state index in [1.807, 2.05) is 26.0 Å². The van der Waals surface area contributed by atoms with Gasteiger partial charge >= 0.3 is 0 Å². The average molecular weight is 344 g/mol. The van der Waals surface area contributed by atoms with Crippen molar-refractivity contribution < 1.29 is 14.6 Å². The lowest BCUT2D eigenvalue weighted by atomic mass is 9.75. The van der Waals surface area contributed by atoms with Crippen LogP contribution in [0.25, 0.3) is 0 Å². The second kappa shape index (κ2) is 5.99. The van der Waals surface area contributed by atoms with Crippen LogP contribution in [-0.2, 0) is 9.53 Å². The van der Waals surface area contributed by atoms with E-state index in [-0.39, 0.29) is 17.9 Å². The van der Waals surface area contributed by atoms with E-state index in [1.165, 1.54) is 12.8 Å². The van der Waals surface area contributed by atoms with Gasteiger partial charge in [-0.1, -0.05) is 12.1 Å². The third-order valence-electron chi connectivity index (χ3n) is 6.58. The fraction of sp³-hybridized carbons (Fsp3) is 0.650. The van der Waals surface area contributed by atoms with Gasteiger partial charge in [-0.15, -0.1) is 0 Å². The summed E-state index contributed by atoms with van der Waals surface area (Å²) in [4.78, 5) is 17.9. The Balaban J connectivity index is 1.72. The summed E-state index contributed by atoms with van der Waals surface area (Å²) in [6.07, 6.45) is 2.34. The number of rotatable bonds is 3. The minimum Gasteiger partial charge on any atom is -0.508 e. The molecule has 4 aliphatic rings. The second-order valence-electron chi connectivity index (χ2n) is 8.23. The summed E-state index contributed by atoms with van der Waals surface area (Å²) in [5.41, 5.74) is 0.331. The maximum atomic E-state index is 13.2. The lowest BCUT2D eigenvalue weighted by Crippen LogP contribution is -2.62. The van der Waals surface area contributed by atoms with Crippen LogP contribution in [0.3, 0.4) is 0 Å². The van der Waals surface area contributed by atoms with Crippen molar-refractivity contribution in [2.24, 2.45) is 5.92 Å². The monoisotopic (exact) mass is 344 g/mol. The number of amides is 1. The van der Waals surface area contributed by atoms with Crippen molar-refractivity contribution in [2.75, 3.05) is 26.7 Å². The van der Waals surface area contributed by atoms with Gasteiger partial charge in [0.1, 0.15) is 11.4 Å². The molecule has 4 aliphatic heterocycles. The second-order valence-corrected chi connectivity index (χ2v) is 8.23. The summed E-state index contributed by atoms with van der Waals surface area (Å²) in [6, 6.07) is 8.17. The number of ether oxygens (including phenoxy) is 1. The molecule has 136 valence electrons. The first kappa shape index (κ1) is 16.9. The number of hydrogen-bond donors (Lipinski definition) is 1. The number of piperidine rings is 3. The highest BCUT2D eigenvalue weighted by molar-refractivity contribution is 5.85. The average Bonchev–Trinajstić information content (AvgIpc) is 3.04. The highest BCUT2D eigenvalue weighted by Crippen LogP contribution is 2.47. The van der Waals surface area contributed by atoms with Crippen LogP contribution in [0.2, 0.25) is 0 Å². The predicted octanol–water partition coefficient (Wildman–Crippen LogP) is 2.21. The standard InChI is InChI=1S/C20H28N2O3/c1-20(2,25-3)19(24)22-12-16(14-5-4-6-15(23)11-14)18-17(22)13-7-9-21(18)10-8-13/h4-6,11,13,16-18,23H,7-10,12H2,1-3H3/t16-,17+,18+/m0/s1. The van der Waals surface area contributed by atoms with Crippen LogP contribution < -0.4 is 0 Å². The van der Waals surface area contributed by atoms with Gasteiger partial charge < -0.3 is 14.7 Å². The van der Waals surface area contributed by atoms with Gasteiger partial charge in [-0.3, -0.25) is 9.69 Å². The van der Waals surface area contributed by atoms with E-state index in [0.717, 1.165) is 18.7 Å². The molecule has 1 N–H and O–H groups in total. The summed E-state index contributed by atoms with van der Waals surface area (Å²) in [5, 5.41) is 9.93. The number of likely N-dealkylation sites (tertiary alicyclic amines) is 1. The van der Waals surface area contributed by atoms with E-state index in [0.29, 0.717) is 24.3 Å². The normalized spacial score (nSPS) is 34.2.